The number of rotatable bonds is 4. The molecule has 0 amide bonds. The van der Waals surface area contributed by atoms with Gasteiger partial charge in [0, 0.05) is 12.2 Å². The zero-order valence-electron chi connectivity index (χ0n) is 10.0. The van der Waals surface area contributed by atoms with Gasteiger partial charge >= 0.3 is 0 Å². The van der Waals surface area contributed by atoms with E-state index in [9.17, 15) is 0 Å². The highest BCUT2D eigenvalue weighted by molar-refractivity contribution is 6.39. The van der Waals surface area contributed by atoms with Crippen LogP contribution in [0.4, 0.5) is 17.5 Å². The summed E-state index contributed by atoms with van der Waals surface area (Å²) < 4.78 is 0. The van der Waals surface area contributed by atoms with Crippen molar-refractivity contribution in [1.82, 2.24) is 9.97 Å². The summed E-state index contributed by atoms with van der Waals surface area (Å²) in [5.41, 5.74) is 0.655. The van der Waals surface area contributed by atoms with Gasteiger partial charge in [-0.25, -0.2) is 4.98 Å². The third-order valence-electron chi connectivity index (χ3n) is 2.78. The average Bonchev–Trinajstić information content (AvgIpc) is 3.18. The smallest absolute Gasteiger partial charge is 0.224 e. The van der Waals surface area contributed by atoms with E-state index in [-0.39, 0.29) is 0 Å². The molecule has 98 valence electrons. The third kappa shape index (κ3) is 3.08. The minimum atomic E-state index is 0.513. The van der Waals surface area contributed by atoms with Gasteiger partial charge in [0.25, 0.3) is 0 Å². The molecular weight excluding hydrogens is 283 g/mol. The summed E-state index contributed by atoms with van der Waals surface area (Å²) in [6.45, 7) is 0. The fraction of sp³-hybridized carbons (Fsp3) is 0.231. The van der Waals surface area contributed by atoms with Gasteiger partial charge in [0.2, 0.25) is 5.95 Å². The number of anilines is 3. The quantitative estimate of drug-likeness (QED) is 0.891. The molecule has 0 spiro atoms. The number of aromatic nitrogens is 2. The van der Waals surface area contributed by atoms with E-state index in [0.717, 1.165) is 0 Å². The largest absolute Gasteiger partial charge is 0.351 e. The van der Waals surface area contributed by atoms with Crippen LogP contribution in [0.5, 0.6) is 0 Å². The Morgan fingerprint density at radius 1 is 1.11 bits per heavy atom. The molecule has 0 aliphatic heterocycles. The predicted octanol–water partition coefficient (Wildman–Crippen LogP) is 4.10. The number of halogens is 2. The zero-order chi connectivity index (χ0) is 13.2. The molecule has 0 bridgehead atoms. The van der Waals surface area contributed by atoms with Gasteiger partial charge in [-0.05, 0) is 31.0 Å². The van der Waals surface area contributed by atoms with Crippen LogP contribution in [0.3, 0.4) is 0 Å². The van der Waals surface area contributed by atoms with E-state index in [0.29, 0.717) is 33.5 Å². The van der Waals surface area contributed by atoms with Crippen LogP contribution in [0.25, 0.3) is 0 Å². The number of hydrogen-bond donors (Lipinski definition) is 2. The molecule has 0 unspecified atom stereocenters. The Kier molecular flexibility index (Phi) is 3.44. The molecule has 0 atom stereocenters. The average molecular weight is 295 g/mol. The van der Waals surface area contributed by atoms with Gasteiger partial charge in [0.05, 0.1) is 15.7 Å². The molecule has 2 N–H and O–H groups in total. The second-order valence-electron chi connectivity index (χ2n) is 4.41. The van der Waals surface area contributed by atoms with E-state index in [1.54, 1.807) is 30.5 Å². The van der Waals surface area contributed by atoms with Crippen molar-refractivity contribution in [1.29, 1.82) is 0 Å². The minimum Gasteiger partial charge on any atom is -0.351 e. The summed E-state index contributed by atoms with van der Waals surface area (Å²) in [5.74, 6) is 1.28. The Bertz CT molecular complexity index is 579. The first-order chi connectivity index (χ1) is 9.22. The molecule has 2 aromatic rings. The van der Waals surface area contributed by atoms with Crippen molar-refractivity contribution in [2.24, 2.45) is 0 Å². The van der Waals surface area contributed by atoms with Crippen LogP contribution in [0.1, 0.15) is 12.8 Å². The van der Waals surface area contributed by atoms with E-state index in [2.05, 4.69) is 20.6 Å². The molecule has 1 fully saturated rings. The molecule has 0 saturated heterocycles. The number of nitrogens with zero attached hydrogens (tertiary/aromatic N) is 2. The lowest BCUT2D eigenvalue weighted by Gasteiger charge is -2.10. The van der Waals surface area contributed by atoms with E-state index >= 15 is 0 Å². The molecule has 4 nitrogen and oxygen atoms in total. The maximum Gasteiger partial charge on any atom is 0.224 e. The van der Waals surface area contributed by atoms with Gasteiger partial charge in [0.1, 0.15) is 5.82 Å². The summed E-state index contributed by atoms with van der Waals surface area (Å²) in [5, 5.41) is 7.48. The molecule has 1 saturated carbocycles. The highest BCUT2D eigenvalue weighted by Gasteiger charge is 2.21. The first-order valence-corrected chi connectivity index (χ1v) is 6.78. The molecular formula is C13H12Cl2N4. The topological polar surface area (TPSA) is 49.8 Å². The van der Waals surface area contributed by atoms with E-state index < -0.39 is 0 Å². The lowest BCUT2D eigenvalue weighted by Crippen LogP contribution is -2.06. The Hall–Kier alpha value is -1.52. The summed E-state index contributed by atoms with van der Waals surface area (Å²) >= 11 is 12.2. The molecule has 6 heteroatoms. The molecule has 1 aliphatic rings. The van der Waals surface area contributed by atoms with Crippen LogP contribution in [0.2, 0.25) is 10.0 Å². The van der Waals surface area contributed by atoms with Crippen molar-refractivity contribution in [3.63, 3.8) is 0 Å². The van der Waals surface area contributed by atoms with Crippen LogP contribution in [0.15, 0.2) is 30.5 Å². The van der Waals surface area contributed by atoms with Crippen molar-refractivity contribution < 1.29 is 0 Å². The summed E-state index contributed by atoms with van der Waals surface area (Å²) in [7, 11) is 0. The van der Waals surface area contributed by atoms with Gasteiger partial charge in [-0.3, -0.25) is 0 Å². The second kappa shape index (κ2) is 5.23. The molecule has 1 aromatic carbocycles. The monoisotopic (exact) mass is 294 g/mol. The molecule has 3 rings (SSSR count). The first kappa shape index (κ1) is 12.5. The zero-order valence-corrected chi connectivity index (χ0v) is 11.5. The van der Waals surface area contributed by atoms with Crippen LogP contribution < -0.4 is 10.6 Å². The maximum absolute atomic E-state index is 6.11. The standard InChI is InChI=1S/C13H12Cl2N4/c14-9-2-1-3-10(15)12(9)18-11-6-7-16-13(19-11)17-8-4-5-8/h1-3,6-8H,4-5H2,(H2,16,17,18,19). The molecule has 1 aliphatic carbocycles. The number of benzene rings is 1. The highest BCUT2D eigenvalue weighted by Crippen LogP contribution is 2.32. The van der Waals surface area contributed by atoms with Gasteiger partial charge in [-0.2, -0.15) is 4.98 Å². The lowest BCUT2D eigenvalue weighted by molar-refractivity contribution is 1.05. The van der Waals surface area contributed by atoms with Crippen molar-refractivity contribution in [2.45, 2.75) is 18.9 Å². The van der Waals surface area contributed by atoms with Gasteiger partial charge in [-0.15, -0.1) is 0 Å². The Morgan fingerprint density at radius 2 is 1.84 bits per heavy atom. The number of hydrogen-bond acceptors (Lipinski definition) is 4. The van der Waals surface area contributed by atoms with Crippen molar-refractivity contribution >= 4 is 40.7 Å². The minimum absolute atomic E-state index is 0.513. The van der Waals surface area contributed by atoms with E-state index in [1.807, 2.05) is 0 Å². The van der Waals surface area contributed by atoms with Gasteiger partial charge in [0.15, 0.2) is 0 Å². The molecule has 19 heavy (non-hydrogen) atoms. The fourth-order valence-corrected chi connectivity index (χ4v) is 2.15. The Labute approximate surface area is 121 Å². The number of nitrogens with one attached hydrogen (secondary N) is 2. The van der Waals surface area contributed by atoms with Crippen LogP contribution in [-0.4, -0.2) is 16.0 Å². The van der Waals surface area contributed by atoms with Crippen LogP contribution in [0, 0.1) is 0 Å². The fourth-order valence-electron chi connectivity index (χ4n) is 1.65. The Balaban J connectivity index is 1.82. The van der Waals surface area contributed by atoms with Gasteiger partial charge < -0.3 is 10.6 Å². The Morgan fingerprint density at radius 3 is 2.53 bits per heavy atom. The molecule has 1 heterocycles. The van der Waals surface area contributed by atoms with E-state index in [1.165, 1.54) is 12.8 Å². The van der Waals surface area contributed by atoms with Gasteiger partial charge in [-0.1, -0.05) is 29.3 Å². The normalized spacial score (nSPS) is 14.2. The molecule has 0 radical (unpaired) electrons. The third-order valence-corrected chi connectivity index (χ3v) is 3.41. The SMILES string of the molecule is Clc1cccc(Cl)c1Nc1ccnc(NC2CC2)n1. The van der Waals surface area contributed by atoms with Crippen LogP contribution >= 0.6 is 23.2 Å². The van der Waals surface area contributed by atoms with Crippen molar-refractivity contribution in [3.05, 3.63) is 40.5 Å². The summed E-state index contributed by atoms with van der Waals surface area (Å²) in [6.07, 6.45) is 4.06. The predicted molar refractivity (Wildman–Crippen MR) is 78.4 cm³/mol. The van der Waals surface area contributed by atoms with Crippen molar-refractivity contribution in [3.8, 4) is 0 Å². The molecule has 1 aromatic heterocycles. The number of para-hydroxylation sites is 1. The summed E-state index contributed by atoms with van der Waals surface area (Å²) in [4.78, 5) is 8.56. The summed E-state index contributed by atoms with van der Waals surface area (Å²) in [6, 6.07) is 7.65. The lowest BCUT2D eigenvalue weighted by atomic mass is 10.3. The highest BCUT2D eigenvalue weighted by atomic mass is 35.5. The maximum atomic E-state index is 6.11. The van der Waals surface area contributed by atoms with E-state index in [4.69, 9.17) is 23.2 Å². The van der Waals surface area contributed by atoms with Crippen LogP contribution in [-0.2, 0) is 0 Å². The first-order valence-electron chi connectivity index (χ1n) is 6.03. The second-order valence-corrected chi connectivity index (χ2v) is 5.22. The van der Waals surface area contributed by atoms with Crippen molar-refractivity contribution in [2.75, 3.05) is 10.6 Å².